The highest BCUT2D eigenvalue weighted by Gasteiger charge is 2.20. The van der Waals surface area contributed by atoms with Crippen molar-refractivity contribution < 1.29 is 9.47 Å². The molecule has 6 nitrogen and oxygen atoms in total. The third-order valence-corrected chi connectivity index (χ3v) is 3.05. The van der Waals surface area contributed by atoms with Crippen molar-refractivity contribution in [3.8, 4) is 5.88 Å². The highest BCUT2D eigenvalue weighted by molar-refractivity contribution is 5.38. The van der Waals surface area contributed by atoms with Gasteiger partial charge >= 0.3 is 0 Å². The van der Waals surface area contributed by atoms with Crippen molar-refractivity contribution in [2.24, 2.45) is 5.73 Å². The number of aromatic nitrogens is 2. The quantitative estimate of drug-likeness (QED) is 0.819. The molecule has 0 atom stereocenters. The average Bonchev–Trinajstić information content (AvgIpc) is 2.46. The number of piperidine rings is 1. The van der Waals surface area contributed by atoms with Crippen molar-refractivity contribution in [1.82, 2.24) is 9.97 Å². The number of ether oxygens (including phenoxy) is 2. The highest BCUT2D eigenvalue weighted by atomic mass is 16.5. The first-order valence-corrected chi connectivity index (χ1v) is 6.26. The molecular formula is C12H20N4O2. The summed E-state index contributed by atoms with van der Waals surface area (Å²) in [5, 5.41) is 0. The van der Waals surface area contributed by atoms with Gasteiger partial charge in [-0.1, -0.05) is 0 Å². The largest absolute Gasteiger partial charge is 0.480 e. The molecule has 0 radical (unpaired) electrons. The molecule has 0 aliphatic carbocycles. The van der Waals surface area contributed by atoms with Crippen molar-refractivity contribution in [3.05, 3.63) is 12.4 Å². The molecule has 1 saturated heterocycles. The molecule has 0 spiro atoms. The number of rotatable bonds is 5. The summed E-state index contributed by atoms with van der Waals surface area (Å²) < 4.78 is 10.7. The molecule has 0 aromatic carbocycles. The van der Waals surface area contributed by atoms with Crippen molar-refractivity contribution >= 4 is 5.82 Å². The van der Waals surface area contributed by atoms with E-state index in [0.29, 0.717) is 25.1 Å². The molecule has 0 amide bonds. The SMILES string of the molecule is COc1cncc(N2CCC(OCCN)CC2)n1. The van der Waals surface area contributed by atoms with E-state index in [4.69, 9.17) is 15.2 Å². The van der Waals surface area contributed by atoms with E-state index < -0.39 is 0 Å². The molecule has 1 aromatic rings. The molecule has 100 valence electrons. The Morgan fingerprint density at radius 3 is 2.83 bits per heavy atom. The topological polar surface area (TPSA) is 73.5 Å². The maximum absolute atomic E-state index is 5.65. The molecule has 0 unspecified atom stereocenters. The first-order chi connectivity index (χ1) is 8.83. The Morgan fingerprint density at radius 1 is 1.39 bits per heavy atom. The van der Waals surface area contributed by atoms with Gasteiger partial charge in [-0.05, 0) is 12.8 Å². The minimum absolute atomic E-state index is 0.323. The minimum Gasteiger partial charge on any atom is -0.480 e. The van der Waals surface area contributed by atoms with Crippen LogP contribution in [0.3, 0.4) is 0 Å². The lowest BCUT2D eigenvalue weighted by atomic mass is 10.1. The van der Waals surface area contributed by atoms with E-state index in [1.54, 1.807) is 19.5 Å². The van der Waals surface area contributed by atoms with Crippen LogP contribution in [0.4, 0.5) is 5.82 Å². The van der Waals surface area contributed by atoms with Crippen molar-refractivity contribution in [3.63, 3.8) is 0 Å². The summed E-state index contributed by atoms with van der Waals surface area (Å²) >= 11 is 0. The van der Waals surface area contributed by atoms with Gasteiger partial charge in [0.2, 0.25) is 5.88 Å². The Kier molecular flexibility index (Phi) is 4.72. The molecule has 1 fully saturated rings. The normalized spacial score (nSPS) is 16.9. The number of anilines is 1. The number of hydrogen-bond acceptors (Lipinski definition) is 6. The highest BCUT2D eigenvalue weighted by Crippen LogP contribution is 2.20. The van der Waals surface area contributed by atoms with Gasteiger partial charge in [-0.15, -0.1) is 0 Å². The fourth-order valence-electron chi connectivity index (χ4n) is 2.08. The summed E-state index contributed by atoms with van der Waals surface area (Å²) in [4.78, 5) is 10.7. The Bertz CT molecular complexity index is 367. The molecule has 2 rings (SSSR count). The molecule has 1 aliphatic heterocycles. The van der Waals surface area contributed by atoms with Crippen molar-refractivity contribution in [1.29, 1.82) is 0 Å². The Hall–Kier alpha value is -1.40. The third kappa shape index (κ3) is 3.30. The van der Waals surface area contributed by atoms with Crippen LogP contribution in [0.5, 0.6) is 5.88 Å². The smallest absolute Gasteiger partial charge is 0.233 e. The van der Waals surface area contributed by atoms with Crippen LogP contribution in [0, 0.1) is 0 Å². The van der Waals surface area contributed by atoms with E-state index in [9.17, 15) is 0 Å². The van der Waals surface area contributed by atoms with Gasteiger partial charge in [0.1, 0.15) is 0 Å². The van der Waals surface area contributed by atoms with Gasteiger partial charge in [0.15, 0.2) is 5.82 Å². The monoisotopic (exact) mass is 252 g/mol. The first-order valence-electron chi connectivity index (χ1n) is 6.26. The molecular weight excluding hydrogens is 232 g/mol. The molecule has 0 saturated carbocycles. The molecule has 1 aliphatic rings. The second-order valence-electron chi connectivity index (χ2n) is 4.27. The summed E-state index contributed by atoms with van der Waals surface area (Å²) in [6.07, 6.45) is 5.70. The summed E-state index contributed by atoms with van der Waals surface area (Å²) in [5.74, 6) is 1.42. The zero-order valence-corrected chi connectivity index (χ0v) is 10.7. The minimum atomic E-state index is 0.323. The van der Waals surface area contributed by atoms with Crippen LogP contribution < -0.4 is 15.4 Å². The Morgan fingerprint density at radius 2 is 2.17 bits per heavy atom. The van der Waals surface area contributed by atoms with E-state index in [1.165, 1.54) is 0 Å². The van der Waals surface area contributed by atoms with Crippen LogP contribution in [0.25, 0.3) is 0 Å². The lowest BCUT2D eigenvalue weighted by Crippen LogP contribution is -2.38. The average molecular weight is 252 g/mol. The zero-order chi connectivity index (χ0) is 12.8. The summed E-state index contributed by atoms with van der Waals surface area (Å²) in [6.45, 7) is 3.08. The number of nitrogens with zero attached hydrogens (tertiary/aromatic N) is 3. The number of nitrogens with two attached hydrogens (primary N) is 1. The van der Waals surface area contributed by atoms with E-state index >= 15 is 0 Å². The second-order valence-corrected chi connectivity index (χ2v) is 4.27. The molecule has 2 N–H and O–H groups in total. The lowest BCUT2D eigenvalue weighted by molar-refractivity contribution is 0.0421. The van der Waals surface area contributed by atoms with Crippen LogP contribution in [-0.4, -0.2) is 49.4 Å². The van der Waals surface area contributed by atoms with Gasteiger partial charge in [-0.2, -0.15) is 4.98 Å². The maximum Gasteiger partial charge on any atom is 0.233 e. The van der Waals surface area contributed by atoms with Gasteiger partial charge in [0.05, 0.1) is 32.2 Å². The summed E-state index contributed by atoms with van der Waals surface area (Å²) in [5.41, 5.74) is 5.43. The van der Waals surface area contributed by atoms with Gasteiger partial charge in [0.25, 0.3) is 0 Å². The Labute approximate surface area is 107 Å². The van der Waals surface area contributed by atoms with Gasteiger partial charge in [0, 0.05) is 19.6 Å². The van der Waals surface area contributed by atoms with Crippen LogP contribution in [-0.2, 0) is 4.74 Å². The van der Waals surface area contributed by atoms with Crippen molar-refractivity contribution in [2.45, 2.75) is 18.9 Å². The number of hydrogen-bond donors (Lipinski definition) is 1. The predicted molar refractivity (Wildman–Crippen MR) is 68.8 cm³/mol. The number of methoxy groups -OCH3 is 1. The van der Waals surface area contributed by atoms with Crippen molar-refractivity contribution in [2.75, 3.05) is 38.3 Å². The third-order valence-electron chi connectivity index (χ3n) is 3.05. The molecule has 0 bridgehead atoms. The predicted octanol–water partition coefficient (Wildman–Crippen LogP) is 0.429. The molecule has 6 heteroatoms. The second kappa shape index (κ2) is 6.51. The zero-order valence-electron chi connectivity index (χ0n) is 10.7. The van der Waals surface area contributed by atoms with Crippen LogP contribution in [0.1, 0.15) is 12.8 Å². The van der Waals surface area contributed by atoms with Gasteiger partial charge < -0.3 is 20.1 Å². The molecule has 2 heterocycles. The Balaban J connectivity index is 1.88. The lowest BCUT2D eigenvalue weighted by Gasteiger charge is -2.32. The van der Waals surface area contributed by atoms with Gasteiger partial charge in [-0.3, -0.25) is 4.98 Å². The van der Waals surface area contributed by atoms with E-state index in [2.05, 4.69) is 14.9 Å². The fraction of sp³-hybridized carbons (Fsp3) is 0.667. The molecule has 18 heavy (non-hydrogen) atoms. The van der Waals surface area contributed by atoms with E-state index in [0.717, 1.165) is 31.7 Å². The fourth-order valence-corrected chi connectivity index (χ4v) is 2.08. The van der Waals surface area contributed by atoms with E-state index in [1.807, 2.05) is 0 Å². The maximum atomic E-state index is 5.65. The summed E-state index contributed by atoms with van der Waals surface area (Å²) in [6, 6.07) is 0. The first kappa shape index (κ1) is 13.0. The van der Waals surface area contributed by atoms with E-state index in [-0.39, 0.29) is 0 Å². The van der Waals surface area contributed by atoms with Crippen LogP contribution in [0.2, 0.25) is 0 Å². The summed E-state index contributed by atoms with van der Waals surface area (Å²) in [7, 11) is 1.60. The molecule has 1 aromatic heterocycles. The van der Waals surface area contributed by atoms with Crippen LogP contribution >= 0.6 is 0 Å². The van der Waals surface area contributed by atoms with Gasteiger partial charge in [-0.25, -0.2) is 0 Å². The van der Waals surface area contributed by atoms with Crippen LogP contribution in [0.15, 0.2) is 12.4 Å². The standard InChI is InChI=1S/C12H20N4O2/c1-17-12-9-14-8-11(15-12)16-5-2-10(3-6-16)18-7-4-13/h8-10H,2-7,13H2,1H3.